The number of amides is 1. The van der Waals surface area contributed by atoms with Crippen molar-refractivity contribution in [2.45, 2.75) is 63.3 Å². The number of aliphatic hydroxyl groups excluding tert-OH is 2. The average Bonchev–Trinajstić information content (AvgIpc) is 3.24. The highest BCUT2D eigenvalue weighted by molar-refractivity contribution is 7.15. The topological polar surface area (TPSA) is 86.1 Å². The Kier molecular flexibility index (Phi) is 6.46. The second kappa shape index (κ2) is 9.47. The van der Waals surface area contributed by atoms with Gasteiger partial charge in [-0.15, -0.1) is 11.3 Å². The van der Waals surface area contributed by atoms with Crippen LogP contribution < -0.4 is 4.74 Å². The Morgan fingerprint density at radius 3 is 2.62 bits per heavy atom. The highest BCUT2D eigenvalue weighted by Crippen LogP contribution is 2.34. The van der Waals surface area contributed by atoms with E-state index in [2.05, 4.69) is 17.0 Å². The van der Waals surface area contributed by atoms with E-state index in [9.17, 15) is 9.90 Å². The zero-order chi connectivity index (χ0) is 22.1. The number of hydrogen-bond donors (Lipinski definition) is 2. The van der Waals surface area contributed by atoms with E-state index in [1.165, 1.54) is 32.4 Å². The van der Waals surface area contributed by atoms with Crippen molar-refractivity contribution in [2.75, 3.05) is 26.2 Å². The molecule has 2 aromatic rings. The fraction of sp³-hybridized carbons (Fsp3) is 0.583. The van der Waals surface area contributed by atoms with E-state index in [4.69, 9.17) is 14.8 Å². The van der Waals surface area contributed by atoms with Gasteiger partial charge < -0.3 is 24.7 Å². The third kappa shape index (κ3) is 4.55. The standard InChI is InChI=1S/C24H31N3O4S/c28-15-21(29)24(30)27-11-8-20-22(14-27)32-23(25-20)16-4-6-18(7-5-16)31-19-12-17(13-19)26-9-2-1-3-10-26/h4-7,17,19,21,28-29H,1-3,8-15H2/t17-,19-,21?. The normalized spacial score (nSPS) is 24.5. The number of benzene rings is 1. The van der Waals surface area contributed by atoms with Gasteiger partial charge in [-0.1, -0.05) is 6.42 Å². The number of hydrogen-bond acceptors (Lipinski definition) is 7. The van der Waals surface area contributed by atoms with Gasteiger partial charge in [-0.05, 0) is 50.2 Å². The van der Waals surface area contributed by atoms with Crippen LogP contribution in [0.5, 0.6) is 5.75 Å². The Morgan fingerprint density at radius 1 is 1.16 bits per heavy atom. The van der Waals surface area contributed by atoms with E-state index < -0.39 is 18.6 Å². The molecule has 32 heavy (non-hydrogen) atoms. The van der Waals surface area contributed by atoms with E-state index in [1.54, 1.807) is 16.2 Å². The molecule has 2 aliphatic heterocycles. The van der Waals surface area contributed by atoms with Crippen molar-refractivity contribution in [3.8, 4) is 16.3 Å². The summed E-state index contributed by atoms with van der Waals surface area (Å²) in [4.78, 5) is 22.2. The number of fused-ring (bicyclic) bond motifs is 1. The number of piperidine rings is 1. The largest absolute Gasteiger partial charge is 0.490 e. The number of nitrogens with zero attached hydrogens (tertiary/aromatic N) is 3. The molecule has 3 aliphatic rings. The minimum atomic E-state index is -1.35. The Labute approximate surface area is 192 Å². The number of carbonyl (C=O) groups is 1. The van der Waals surface area contributed by atoms with Crippen LogP contribution in [0.1, 0.15) is 42.7 Å². The molecule has 3 heterocycles. The van der Waals surface area contributed by atoms with Gasteiger partial charge in [0.1, 0.15) is 16.9 Å². The molecule has 1 aliphatic carbocycles. The Balaban J connectivity index is 1.17. The lowest BCUT2D eigenvalue weighted by atomic mass is 9.86. The lowest BCUT2D eigenvalue weighted by molar-refractivity contribution is -0.143. The van der Waals surface area contributed by atoms with Crippen LogP contribution in [-0.2, 0) is 17.8 Å². The lowest BCUT2D eigenvalue weighted by Gasteiger charge is -2.44. The molecule has 0 spiro atoms. The van der Waals surface area contributed by atoms with Gasteiger partial charge in [-0.3, -0.25) is 4.79 Å². The molecule has 2 N–H and O–H groups in total. The summed E-state index contributed by atoms with van der Waals surface area (Å²) in [6.07, 6.45) is 5.94. The van der Waals surface area contributed by atoms with Crippen LogP contribution in [0.25, 0.3) is 10.6 Å². The van der Waals surface area contributed by atoms with E-state index in [0.29, 0.717) is 31.7 Å². The molecule has 1 saturated heterocycles. The van der Waals surface area contributed by atoms with Crippen molar-refractivity contribution >= 4 is 17.2 Å². The molecular weight excluding hydrogens is 426 g/mol. The van der Waals surface area contributed by atoms with Crippen molar-refractivity contribution in [2.24, 2.45) is 0 Å². The number of ether oxygens (including phenoxy) is 1. The number of thiazole rings is 1. The molecule has 7 nitrogen and oxygen atoms in total. The molecule has 0 radical (unpaired) electrons. The first-order chi connectivity index (χ1) is 15.6. The summed E-state index contributed by atoms with van der Waals surface area (Å²) in [7, 11) is 0. The van der Waals surface area contributed by atoms with Crippen LogP contribution in [0.4, 0.5) is 0 Å². The highest BCUT2D eigenvalue weighted by Gasteiger charge is 2.35. The van der Waals surface area contributed by atoms with Crippen molar-refractivity contribution < 1.29 is 19.7 Å². The summed E-state index contributed by atoms with van der Waals surface area (Å²) in [5.74, 6) is 0.486. The zero-order valence-corrected chi connectivity index (χ0v) is 19.1. The van der Waals surface area contributed by atoms with Gasteiger partial charge >= 0.3 is 0 Å². The molecule has 2 fully saturated rings. The first-order valence-electron chi connectivity index (χ1n) is 11.7. The summed E-state index contributed by atoms with van der Waals surface area (Å²) in [5, 5.41) is 19.6. The smallest absolute Gasteiger partial charge is 0.254 e. The first kappa shape index (κ1) is 21.8. The summed E-state index contributed by atoms with van der Waals surface area (Å²) in [5.41, 5.74) is 2.07. The van der Waals surface area contributed by atoms with Crippen LogP contribution in [0.2, 0.25) is 0 Å². The van der Waals surface area contributed by atoms with Gasteiger partial charge in [0.05, 0.1) is 18.8 Å². The molecule has 1 saturated carbocycles. The predicted molar refractivity (Wildman–Crippen MR) is 123 cm³/mol. The van der Waals surface area contributed by atoms with Crippen LogP contribution in [-0.4, -0.2) is 75.4 Å². The van der Waals surface area contributed by atoms with Gasteiger partial charge in [0.25, 0.3) is 5.91 Å². The second-order valence-electron chi connectivity index (χ2n) is 9.08. The van der Waals surface area contributed by atoms with Gasteiger partial charge in [0, 0.05) is 42.3 Å². The molecule has 0 bridgehead atoms. The predicted octanol–water partition coefficient (Wildman–Crippen LogP) is 2.44. The van der Waals surface area contributed by atoms with Gasteiger partial charge in [0.2, 0.25) is 0 Å². The Hall–Kier alpha value is -2.00. The Morgan fingerprint density at radius 2 is 1.91 bits per heavy atom. The van der Waals surface area contributed by atoms with E-state index in [0.717, 1.165) is 39.7 Å². The molecular formula is C24H31N3O4S. The third-order valence-electron chi connectivity index (χ3n) is 6.88. The van der Waals surface area contributed by atoms with Crippen LogP contribution in [0.15, 0.2) is 24.3 Å². The maximum atomic E-state index is 12.2. The molecule has 1 aromatic heterocycles. The quantitative estimate of drug-likeness (QED) is 0.693. The van der Waals surface area contributed by atoms with Gasteiger partial charge in [-0.2, -0.15) is 0 Å². The van der Waals surface area contributed by atoms with E-state index >= 15 is 0 Å². The highest BCUT2D eigenvalue weighted by atomic mass is 32.1. The summed E-state index contributed by atoms with van der Waals surface area (Å²) in [6, 6.07) is 8.86. The zero-order valence-electron chi connectivity index (χ0n) is 18.3. The van der Waals surface area contributed by atoms with Crippen LogP contribution >= 0.6 is 11.3 Å². The summed E-state index contributed by atoms with van der Waals surface area (Å²) < 4.78 is 6.19. The molecule has 172 valence electrons. The fourth-order valence-electron chi connectivity index (χ4n) is 4.88. The van der Waals surface area contributed by atoms with Gasteiger partial charge in [-0.25, -0.2) is 4.98 Å². The second-order valence-corrected chi connectivity index (χ2v) is 10.2. The third-order valence-corrected chi connectivity index (χ3v) is 8.01. The van der Waals surface area contributed by atoms with Gasteiger partial charge in [0.15, 0.2) is 6.10 Å². The minimum absolute atomic E-state index is 0.317. The van der Waals surface area contributed by atoms with Crippen LogP contribution in [0, 0.1) is 0 Å². The number of aliphatic hydroxyl groups is 2. The van der Waals surface area contributed by atoms with E-state index in [1.807, 2.05) is 12.1 Å². The lowest BCUT2D eigenvalue weighted by Crippen LogP contribution is -2.50. The molecule has 1 aromatic carbocycles. The van der Waals surface area contributed by atoms with Crippen LogP contribution in [0.3, 0.4) is 0 Å². The maximum absolute atomic E-state index is 12.2. The molecule has 1 amide bonds. The summed E-state index contributed by atoms with van der Waals surface area (Å²) >= 11 is 1.58. The van der Waals surface area contributed by atoms with Crippen molar-refractivity contribution in [3.63, 3.8) is 0 Å². The fourth-order valence-corrected chi connectivity index (χ4v) is 6.01. The SMILES string of the molecule is O=C(C(O)CO)N1CCc2nc(-c3ccc(O[C@H]4C[C@H](N5CCCCC5)C4)cc3)sc2C1. The first-order valence-corrected chi connectivity index (χ1v) is 12.5. The summed E-state index contributed by atoms with van der Waals surface area (Å²) in [6.45, 7) is 2.89. The Bertz CT molecular complexity index is 935. The minimum Gasteiger partial charge on any atom is -0.490 e. The van der Waals surface area contributed by atoms with Crippen molar-refractivity contribution in [1.82, 2.24) is 14.8 Å². The monoisotopic (exact) mass is 457 g/mol. The molecule has 8 heteroatoms. The molecule has 5 rings (SSSR count). The van der Waals surface area contributed by atoms with E-state index in [-0.39, 0.29) is 0 Å². The number of rotatable bonds is 6. The number of aromatic nitrogens is 1. The molecule has 1 atom stereocenters. The average molecular weight is 458 g/mol. The number of likely N-dealkylation sites (tertiary alicyclic amines) is 1. The molecule has 1 unspecified atom stereocenters. The number of carbonyl (C=O) groups excluding carboxylic acids is 1. The van der Waals surface area contributed by atoms with Crippen molar-refractivity contribution in [1.29, 1.82) is 0 Å². The van der Waals surface area contributed by atoms with Crippen molar-refractivity contribution in [3.05, 3.63) is 34.8 Å². The maximum Gasteiger partial charge on any atom is 0.254 e.